The van der Waals surface area contributed by atoms with E-state index in [1.807, 2.05) is 0 Å². The van der Waals surface area contributed by atoms with Gasteiger partial charge < -0.3 is 11.1 Å². The van der Waals surface area contributed by atoms with Crippen molar-refractivity contribution in [1.29, 1.82) is 0 Å². The first-order chi connectivity index (χ1) is 8.50. The van der Waals surface area contributed by atoms with Crippen molar-refractivity contribution in [3.63, 3.8) is 0 Å². The molecule has 1 aromatic carbocycles. The molecule has 2 aromatic rings. The molecule has 1 aromatic heterocycles. The zero-order valence-corrected chi connectivity index (χ0v) is 10.0. The monoisotopic (exact) mass is 248 g/mol. The van der Waals surface area contributed by atoms with Gasteiger partial charge in [-0.2, -0.15) is 5.10 Å². The minimum atomic E-state index is -0.483. The third-order valence-corrected chi connectivity index (χ3v) is 2.66. The summed E-state index contributed by atoms with van der Waals surface area (Å²) in [7, 11) is 0. The molecule has 0 unspecified atom stereocenters. The molecule has 0 aliphatic rings. The number of aromatic amines is 1. The van der Waals surface area contributed by atoms with Crippen molar-refractivity contribution < 1.29 is 9.18 Å². The van der Waals surface area contributed by atoms with Crippen molar-refractivity contribution in [2.75, 3.05) is 11.1 Å². The molecular weight excluding hydrogens is 235 g/mol. The SMILES string of the molecule is Cc1cccc(F)c1NC(=O)c1c(N)n[nH]c1C. The van der Waals surface area contributed by atoms with E-state index in [0.29, 0.717) is 11.3 Å². The summed E-state index contributed by atoms with van der Waals surface area (Å²) in [5.74, 6) is -0.867. The van der Waals surface area contributed by atoms with E-state index < -0.39 is 11.7 Å². The molecule has 2 rings (SSSR count). The summed E-state index contributed by atoms with van der Waals surface area (Å²) < 4.78 is 13.6. The van der Waals surface area contributed by atoms with Crippen LogP contribution in [0.4, 0.5) is 15.9 Å². The van der Waals surface area contributed by atoms with Gasteiger partial charge in [0.05, 0.1) is 5.69 Å². The Bertz CT molecular complexity index is 566. The lowest BCUT2D eigenvalue weighted by Gasteiger charge is -2.09. The number of benzene rings is 1. The summed E-state index contributed by atoms with van der Waals surface area (Å²) in [6.45, 7) is 3.39. The molecular formula is C12H13FN4O. The number of nitrogens with two attached hydrogens (primary N) is 1. The minimum Gasteiger partial charge on any atom is -0.382 e. The molecule has 0 saturated carbocycles. The van der Waals surface area contributed by atoms with Crippen LogP contribution in [0.1, 0.15) is 21.6 Å². The lowest BCUT2D eigenvalue weighted by Crippen LogP contribution is -2.16. The van der Waals surface area contributed by atoms with Gasteiger partial charge in [0, 0.05) is 5.69 Å². The molecule has 5 nitrogen and oxygen atoms in total. The lowest BCUT2D eigenvalue weighted by atomic mass is 10.1. The van der Waals surface area contributed by atoms with Gasteiger partial charge in [-0.25, -0.2) is 4.39 Å². The predicted molar refractivity (Wildman–Crippen MR) is 66.8 cm³/mol. The lowest BCUT2D eigenvalue weighted by molar-refractivity contribution is 0.102. The summed E-state index contributed by atoms with van der Waals surface area (Å²) in [6.07, 6.45) is 0. The molecule has 1 heterocycles. The van der Waals surface area contributed by atoms with E-state index in [-0.39, 0.29) is 17.1 Å². The summed E-state index contributed by atoms with van der Waals surface area (Å²) in [4.78, 5) is 12.0. The zero-order valence-electron chi connectivity index (χ0n) is 10.0. The fourth-order valence-electron chi connectivity index (χ4n) is 1.70. The van der Waals surface area contributed by atoms with Crippen molar-refractivity contribution >= 4 is 17.4 Å². The Hall–Kier alpha value is -2.37. The number of amides is 1. The van der Waals surface area contributed by atoms with Gasteiger partial charge in [0.15, 0.2) is 5.82 Å². The van der Waals surface area contributed by atoms with Crippen LogP contribution in [0.25, 0.3) is 0 Å². The van der Waals surface area contributed by atoms with Crippen LogP contribution in [0.15, 0.2) is 18.2 Å². The number of aryl methyl sites for hydroxylation is 2. The number of carbonyl (C=O) groups excluding carboxylic acids is 1. The first kappa shape index (κ1) is 12.1. The number of carbonyl (C=O) groups is 1. The van der Waals surface area contributed by atoms with E-state index in [9.17, 15) is 9.18 Å². The van der Waals surface area contributed by atoms with E-state index in [2.05, 4.69) is 15.5 Å². The fraction of sp³-hybridized carbons (Fsp3) is 0.167. The highest BCUT2D eigenvalue weighted by Gasteiger charge is 2.18. The van der Waals surface area contributed by atoms with Crippen molar-refractivity contribution in [2.24, 2.45) is 0 Å². The van der Waals surface area contributed by atoms with Gasteiger partial charge in [0.2, 0.25) is 0 Å². The summed E-state index contributed by atoms with van der Waals surface area (Å²) in [5, 5.41) is 8.83. The Labute approximate surface area is 103 Å². The van der Waals surface area contributed by atoms with Gasteiger partial charge in [-0.15, -0.1) is 0 Å². The molecule has 0 fully saturated rings. The van der Waals surface area contributed by atoms with Crippen LogP contribution in [0.3, 0.4) is 0 Å². The average molecular weight is 248 g/mol. The third-order valence-electron chi connectivity index (χ3n) is 2.66. The molecule has 0 atom stereocenters. The van der Waals surface area contributed by atoms with Gasteiger partial charge in [0.25, 0.3) is 5.91 Å². The van der Waals surface area contributed by atoms with Gasteiger partial charge >= 0.3 is 0 Å². The number of nitrogen functional groups attached to an aromatic ring is 1. The number of anilines is 2. The summed E-state index contributed by atoms with van der Waals surface area (Å²) >= 11 is 0. The fourth-order valence-corrected chi connectivity index (χ4v) is 1.70. The number of hydrogen-bond donors (Lipinski definition) is 3. The van der Waals surface area contributed by atoms with E-state index in [1.54, 1.807) is 26.0 Å². The van der Waals surface area contributed by atoms with Crippen molar-refractivity contribution in [2.45, 2.75) is 13.8 Å². The molecule has 0 saturated heterocycles. The second-order valence-electron chi connectivity index (χ2n) is 3.99. The second-order valence-corrected chi connectivity index (χ2v) is 3.99. The summed E-state index contributed by atoms with van der Waals surface area (Å²) in [6, 6.07) is 4.58. The van der Waals surface area contributed by atoms with Crippen molar-refractivity contribution in [3.8, 4) is 0 Å². The largest absolute Gasteiger partial charge is 0.382 e. The molecule has 0 radical (unpaired) electrons. The molecule has 0 bridgehead atoms. The number of H-pyrrole nitrogens is 1. The summed E-state index contributed by atoms with van der Waals surface area (Å²) in [5.41, 5.74) is 7.15. The van der Waals surface area contributed by atoms with Gasteiger partial charge in [-0.1, -0.05) is 12.1 Å². The molecule has 0 aliphatic carbocycles. The Balaban J connectivity index is 2.33. The van der Waals surface area contributed by atoms with Crippen LogP contribution in [-0.4, -0.2) is 16.1 Å². The predicted octanol–water partition coefficient (Wildman–Crippen LogP) is 2.00. The Kier molecular flexibility index (Phi) is 3.01. The third kappa shape index (κ3) is 2.04. The van der Waals surface area contributed by atoms with Crippen LogP contribution in [0.5, 0.6) is 0 Å². The van der Waals surface area contributed by atoms with Crippen LogP contribution < -0.4 is 11.1 Å². The minimum absolute atomic E-state index is 0.0963. The van der Waals surface area contributed by atoms with Crippen LogP contribution in [0, 0.1) is 19.7 Å². The number of nitrogens with zero attached hydrogens (tertiary/aromatic N) is 1. The molecule has 18 heavy (non-hydrogen) atoms. The zero-order chi connectivity index (χ0) is 13.3. The Morgan fingerprint density at radius 3 is 2.72 bits per heavy atom. The van der Waals surface area contributed by atoms with E-state index >= 15 is 0 Å². The second kappa shape index (κ2) is 4.48. The van der Waals surface area contributed by atoms with E-state index in [1.165, 1.54) is 6.07 Å². The van der Waals surface area contributed by atoms with Crippen molar-refractivity contribution in [3.05, 3.63) is 40.8 Å². The van der Waals surface area contributed by atoms with Crippen LogP contribution in [0.2, 0.25) is 0 Å². The average Bonchev–Trinajstić information content (AvgIpc) is 2.64. The topological polar surface area (TPSA) is 83.8 Å². The highest BCUT2D eigenvalue weighted by Crippen LogP contribution is 2.21. The maximum Gasteiger partial charge on any atom is 0.261 e. The highest BCUT2D eigenvalue weighted by atomic mass is 19.1. The number of aromatic nitrogens is 2. The first-order valence-electron chi connectivity index (χ1n) is 5.37. The van der Waals surface area contributed by atoms with Crippen LogP contribution >= 0.6 is 0 Å². The van der Waals surface area contributed by atoms with Crippen molar-refractivity contribution in [1.82, 2.24) is 10.2 Å². The first-order valence-corrected chi connectivity index (χ1v) is 5.37. The molecule has 6 heteroatoms. The standard InChI is InChI=1S/C12H13FN4O/c1-6-4-3-5-8(13)10(6)15-12(18)9-7(2)16-17-11(9)14/h3-5H,1-2H3,(H,15,18)(H3,14,16,17). The maximum absolute atomic E-state index is 13.6. The number of hydrogen-bond acceptors (Lipinski definition) is 3. The molecule has 0 spiro atoms. The molecule has 1 amide bonds. The molecule has 4 N–H and O–H groups in total. The highest BCUT2D eigenvalue weighted by molar-refractivity contribution is 6.08. The number of nitrogens with one attached hydrogen (secondary N) is 2. The Morgan fingerprint density at radius 2 is 2.17 bits per heavy atom. The molecule has 94 valence electrons. The number of rotatable bonds is 2. The number of para-hydroxylation sites is 1. The Morgan fingerprint density at radius 1 is 1.44 bits per heavy atom. The van der Waals surface area contributed by atoms with E-state index in [4.69, 9.17) is 5.73 Å². The van der Waals surface area contributed by atoms with Gasteiger partial charge in [-0.05, 0) is 25.5 Å². The van der Waals surface area contributed by atoms with E-state index in [0.717, 1.165) is 0 Å². The normalized spacial score (nSPS) is 10.4. The smallest absolute Gasteiger partial charge is 0.261 e. The molecule has 0 aliphatic heterocycles. The van der Waals surface area contributed by atoms with Gasteiger partial charge in [0.1, 0.15) is 11.4 Å². The maximum atomic E-state index is 13.6. The number of halogens is 1. The van der Waals surface area contributed by atoms with Gasteiger partial charge in [-0.3, -0.25) is 9.89 Å². The van der Waals surface area contributed by atoms with Crippen LogP contribution in [-0.2, 0) is 0 Å². The quantitative estimate of drug-likeness (QED) is 0.760.